The number of hydrogen-bond acceptors (Lipinski definition) is 0. The minimum absolute atomic E-state index is 0.0932. The molecule has 0 saturated carbocycles. The van der Waals surface area contributed by atoms with Crippen LogP contribution in [0.2, 0.25) is 0 Å². The lowest BCUT2D eigenvalue weighted by Crippen LogP contribution is -1.70. The van der Waals surface area contributed by atoms with E-state index in [1.165, 1.54) is 0 Å². The van der Waals surface area contributed by atoms with E-state index in [-0.39, 0.29) is 18.1 Å². The molecular formula is C6H3Br2I. The smallest absolute Gasteiger partial charge is 0.0496 e. The van der Waals surface area contributed by atoms with E-state index in [1.54, 1.807) is 0 Å². The Labute approximate surface area is 88.6 Å². The molecule has 0 heterocycles. The summed E-state index contributed by atoms with van der Waals surface area (Å²) in [4.78, 5) is 0. The fourth-order valence-electron chi connectivity index (χ4n) is 0.347. The Morgan fingerprint density at radius 1 is 1.33 bits per heavy atom. The molecule has 0 atom stereocenters. The van der Waals surface area contributed by atoms with E-state index in [9.17, 15) is 0 Å². The first-order chi connectivity index (χ1) is 5.46. The molecule has 0 spiro atoms. The maximum atomic E-state index is 7.53. The second-order valence-corrected chi connectivity index (χ2v) is 3.98. The van der Waals surface area contributed by atoms with Gasteiger partial charge in [0.05, 0.1) is 4.11 Å². The van der Waals surface area contributed by atoms with Crippen molar-refractivity contribution in [3.63, 3.8) is 0 Å². The molecule has 0 amide bonds. The van der Waals surface area contributed by atoms with Crippen molar-refractivity contribution < 1.29 is 4.11 Å². The lowest BCUT2D eigenvalue weighted by Gasteiger charge is -1.93. The number of hydrogen-bond donors (Lipinski definition) is 0. The first kappa shape index (κ1) is 4.72. The minimum atomic E-state index is 0.0932. The molecule has 0 unspecified atom stereocenters. The van der Waals surface area contributed by atoms with Crippen molar-refractivity contribution in [2.75, 3.05) is 0 Å². The van der Waals surface area contributed by atoms with Crippen molar-refractivity contribution in [1.29, 1.82) is 0 Å². The third-order valence-corrected chi connectivity index (χ3v) is 2.96. The Morgan fingerprint density at radius 3 is 2.67 bits per heavy atom. The predicted octanol–water partition coefficient (Wildman–Crippen LogP) is 3.82. The molecule has 0 aliphatic carbocycles. The highest BCUT2D eigenvalue weighted by Crippen LogP contribution is 2.24. The zero-order valence-corrected chi connectivity index (χ0v) is 9.46. The van der Waals surface area contributed by atoms with E-state index in [0.29, 0.717) is 12.5 Å². The Hall–Kier alpha value is 0.910. The first-order valence-electron chi connectivity index (χ1n) is 3.57. The molecule has 0 saturated heterocycles. The van der Waals surface area contributed by atoms with Gasteiger partial charge in [-0.3, -0.25) is 0 Å². The van der Waals surface area contributed by atoms with E-state index in [0.717, 1.165) is 0 Å². The summed E-state index contributed by atoms with van der Waals surface area (Å²) in [6.07, 6.45) is 0. The summed E-state index contributed by atoms with van der Waals surface area (Å²) in [6, 6.07) is 0.460. The van der Waals surface area contributed by atoms with E-state index in [1.807, 2.05) is 22.6 Å². The predicted molar refractivity (Wildman–Crippen MR) is 54.6 cm³/mol. The SMILES string of the molecule is [2H]c1c([2H])c(I)c([2H])c(Br)c1Br. The summed E-state index contributed by atoms with van der Waals surface area (Å²) in [7, 11) is 0. The zero-order chi connectivity index (χ0) is 9.46. The van der Waals surface area contributed by atoms with Crippen molar-refractivity contribution in [1.82, 2.24) is 0 Å². The van der Waals surface area contributed by atoms with Crippen LogP contribution in [0.1, 0.15) is 4.11 Å². The Kier molecular flexibility index (Phi) is 1.75. The van der Waals surface area contributed by atoms with Gasteiger partial charge in [-0.2, -0.15) is 0 Å². The average molecular weight is 365 g/mol. The van der Waals surface area contributed by atoms with Gasteiger partial charge in [0, 0.05) is 12.5 Å². The van der Waals surface area contributed by atoms with Gasteiger partial charge in [-0.25, -0.2) is 0 Å². The molecule has 0 N–H and O–H groups in total. The van der Waals surface area contributed by atoms with Crippen molar-refractivity contribution >= 4 is 54.5 Å². The number of rotatable bonds is 0. The van der Waals surface area contributed by atoms with E-state index in [4.69, 9.17) is 4.11 Å². The van der Waals surface area contributed by atoms with Gasteiger partial charge in [-0.15, -0.1) is 0 Å². The molecule has 1 aromatic carbocycles. The quantitative estimate of drug-likeness (QED) is 0.485. The number of benzene rings is 1. The summed E-state index contributed by atoms with van der Waals surface area (Å²) >= 11 is 8.20. The Bertz CT molecular complexity index is 235. The summed E-state index contributed by atoms with van der Waals surface area (Å²) in [5.74, 6) is 0. The van der Waals surface area contributed by atoms with Gasteiger partial charge >= 0.3 is 0 Å². The van der Waals surface area contributed by atoms with Gasteiger partial charge < -0.3 is 0 Å². The van der Waals surface area contributed by atoms with Crippen LogP contribution in [0.5, 0.6) is 0 Å². The van der Waals surface area contributed by atoms with Gasteiger partial charge in [0.25, 0.3) is 0 Å². The summed E-state index contributed by atoms with van der Waals surface area (Å²) in [5, 5.41) is 0. The van der Waals surface area contributed by atoms with E-state index in [2.05, 4.69) is 31.9 Å². The lowest BCUT2D eigenvalue weighted by atomic mass is 10.4. The molecule has 0 aliphatic heterocycles. The van der Waals surface area contributed by atoms with Crippen LogP contribution in [0.3, 0.4) is 0 Å². The molecule has 3 heteroatoms. The van der Waals surface area contributed by atoms with Crippen LogP contribution >= 0.6 is 54.5 Å². The molecule has 0 bridgehead atoms. The maximum absolute atomic E-state index is 7.53. The average Bonchev–Trinajstić information content (AvgIpc) is 2.08. The maximum Gasteiger partial charge on any atom is 0.0646 e. The third-order valence-electron chi connectivity index (χ3n) is 0.694. The molecule has 1 rings (SSSR count). The van der Waals surface area contributed by atoms with Crippen LogP contribution in [0.4, 0.5) is 0 Å². The monoisotopic (exact) mass is 363 g/mol. The Morgan fingerprint density at radius 2 is 2.00 bits per heavy atom. The van der Waals surface area contributed by atoms with E-state index < -0.39 is 0 Å². The molecule has 1 aromatic rings. The zero-order valence-electron chi connectivity index (χ0n) is 7.13. The van der Waals surface area contributed by atoms with Crippen LogP contribution in [0, 0.1) is 3.57 Å². The molecule has 0 nitrogen and oxygen atoms in total. The fourth-order valence-corrected chi connectivity index (χ4v) is 1.62. The molecule has 0 aliphatic rings. The Balaban J connectivity index is 3.60. The van der Waals surface area contributed by atoms with Crippen LogP contribution in [-0.2, 0) is 0 Å². The molecule has 0 aromatic heterocycles. The fraction of sp³-hybridized carbons (Fsp3) is 0. The van der Waals surface area contributed by atoms with Gasteiger partial charge in [-0.1, -0.05) is 0 Å². The summed E-state index contributed by atoms with van der Waals surface area (Å²) < 4.78 is 24.0. The molecule has 0 fully saturated rings. The van der Waals surface area contributed by atoms with Crippen LogP contribution in [0.15, 0.2) is 27.1 Å². The summed E-state index contributed by atoms with van der Waals surface area (Å²) in [6.45, 7) is 0. The molecule has 0 radical (unpaired) electrons. The van der Waals surface area contributed by atoms with Crippen LogP contribution < -0.4 is 0 Å². The van der Waals surface area contributed by atoms with Crippen LogP contribution in [-0.4, -0.2) is 0 Å². The highest BCUT2D eigenvalue weighted by molar-refractivity contribution is 14.1. The lowest BCUT2D eigenvalue weighted by molar-refractivity contribution is 1.55. The molecular weight excluding hydrogens is 359 g/mol. The van der Waals surface area contributed by atoms with Crippen molar-refractivity contribution in [2.45, 2.75) is 0 Å². The topological polar surface area (TPSA) is 0 Å². The van der Waals surface area contributed by atoms with E-state index >= 15 is 0 Å². The van der Waals surface area contributed by atoms with Crippen LogP contribution in [0.25, 0.3) is 0 Å². The normalized spacial score (nSPS) is 14.3. The van der Waals surface area contributed by atoms with Gasteiger partial charge in [0.2, 0.25) is 0 Å². The molecule has 9 heavy (non-hydrogen) atoms. The standard InChI is InChI=1S/C6H3Br2I/c7-5-2-1-4(9)3-6(5)8/h1-3H/i1D,2D,3D. The largest absolute Gasteiger partial charge is 0.0646 e. The second-order valence-electron chi connectivity index (χ2n) is 1.32. The van der Waals surface area contributed by atoms with Gasteiger partial charge in [0.15, 0.2) is 0 Å². The highest BCUT2D eigenvalue weighted by atomic mass is 127. The second kappa shape index (κ2) is 3.34. The van der Waals surface area contributed by atoms with Gasteiger partial charge in [0.1, 0.15) is 0 Å². The van der Waals surface area contributed by atoms with Crippen molar-refractivity contribution in [3.05, 3.63) is 30.6 Å². The molecule has 48 valence electrons. The van der Waals surface area contributed by atoms with Crippen molar-refractivity contribution in [3.8, 4) is 0 Å². The summed E-state index contributed by atoms with van der Waals surface area (Å²) in [5.41, 5.74) is 0. The first-order valence-corrected chi connectivity index (χ1v) is 4.73. The highest BCUT2D eigenvalue weighted by Gasteiger charge is 1.93. The van der Waals surface area contributed by atoms with Crippen molar-refractivity contribution in [2.24, 2.45) is 0 Å². The minimum Gasteiger partial charge on any atom is -0.0496 e. The van der Waals surface area contributed by atoms with Gasteiger partial charge in [-0.05, 0) is 72.6 Å². The third kappa shape index (κ3) is 2.20. The number of halogens is 3.